The lowest BCUT2D eigenvalue weighted by atomic mass is 10.1. The number of nitrogens with one attached hydrogen (secondary N) is 1. The normalized spacial score (nSPS) is 18.6. The Labute approximate surface area is 121 Å². The number of hydrogen-bond acceptors (Lipinski definition) is 2. The number of nitrogens with zero attached hydrogens (tertiary/aromatic N) is 1. The Kier molecular flexibility index (Phi) is 3.49. The third-order valence-electron chi connectivity index (χ3n) is 4.02. The van der Waals surface area contributed by atoms with E-state index in [1.165, 1.54) is 28.1 Å². The Hall–Kier alpha value is -1.80. The summed E-state index contributed by atoms with van der Waals surface area (Å²) in [5, 5.41) is 3.59. The van der Waals surface area contributed by atoms with Crippen molar-refractivity contribution in [3.63, 3.8) is 0 Å². The average molecular weight is 266 g/mol. The van der Waals surface area contributed by atoms with Crippen LogP contribution in [0.2, 0.25) is 0 Å². The van der Waals surface area contributed by atoms with Crippen LogP contribution < -0.4 is 10.2 Å². The predicted molar refractivity (Wildman–Crippen MR) is 85.7 cm³/mol. The summed E-state index contributed by atoms with van der Waals surface area (Å²) in [7, 11) is 0. The summed E-state index contributed by atoms with van der Waals surface area (Å²) in [6.45, 7) is 8.55. The van der Waals surface area contributed by atoms with Crippen molar-refractivity contribution in [2.75, 3.05) is 11.4 Å². The van der Waals surface area contributed by atoms with E-state index in [2.05, 4.69) is 73.5 Å². The van der Waals surface area contributed by atoms with E-state index >= 15 is 0 Å². The van der Waals surface area contributed by atoms with Gasteiger partial charge in [-0.25, -0.2) is 0 Å². The first-order chi connectivity index (χ1) is 9.65. The molecule has 0 bridgehead atoms. The van der Waals surface area contributed by atoms with E-state index in [0.717, 1.165) is 13.1 Å². The third-order valence-corrected chi connectivity index (χ3v) is 4.02. The Bertz CT molecular complexity index is 619. The molecule has 0 saturated carbocycles. The number of benzene rings is 2. The second-order valence-electron chi connectivity index (χ2n) is 5.81. The van der Waals surface area contributed by atoms with Gasteiger partial charge in [-0.05, 0) is 44.0 Å². The van der Waals surface area contributed by atoms with E-state index in [-0.39, 0.29) is 0 Å². The van der Waals surface area contributed by atoms with Crippen molar-refractivity contribution in [1.82, 2.24) is 5.32 Å². The van der Waals surface area contributed by atoms with Crippen LogP contribution in [0.5, 0.6) is 0 Å². The predicted octanol–water partition coefficient (Wildman–Crippen LogP) is 3.93. The first-order valence-corrected chi connectivity index (χ1v) is 7.31. The number of aryl methyl sites for hydroxylation is 2. The molecule has 1 aliphatic rings. The molecule has 0 aromatic heterocycles. The van der Waals surface area contributed by atoms with Crippen molar-refractivity contribution in [2.24, 2.45) is 0 Å². The lowest BCUT2D eigenvalue weighted by molar-refractivity contribution is 0.568. The molecule has 0 spiro atoms. The van der Waals surface area contributed by atoms with Crippen molar-refractivity contribution in [1.29, 1.82) is 0 Å². The molecule has 0 saturated heterocycles. The van der Waals surface area contributed by atoms with Crippen LogP contribution in [-0.2, 0) is 6.54 Å². The fourth-order valence-corrected chi connectivity index (χ4v) is 2.98. The average Bonchev–Trinajstić information content (AvgIpc) is 2.59. The van der Waals surface area contributed by atoms with Gasteiger partial charge in [0.15, 0.2) is 0 Å². The third kappa shape index (κ3) is 2.44. The van der Waals surface area contributed by atoms with Gasteiger partial charge in [0, 0.05) is 30.5 Å². The van der Waals surface area contributed by atoms with Crippen molar-refractivity contribution in [3.8, 4) is 0 Å². The zero-order valence-electron chi connectivity index (χ0n) is 12.5. The summed E-state index contributed by atoms with van der Waals surface area (Å²) in [6, 6.07) is 15.9. The Morgan fingerprint density at radius 1 is 1.05 bits per heavy atom. The fourth-order valence-electron chi connectivity index (χ4n) is 2.98. The van der Waals surface area contributed by atoms with E-state index in [9.17, 15) is 0 Å². The minimum absolute atomic E-state index is 0.475. The maximum Gasteiger partial charge on any atom is 0.0456 e. The topological polar surface area (TPSA) is 15.3 Å². The van der Waals surface area contributed by atoms with Crippen molar-refractivity contribution >= 4 is 11.4 Å². The lowest BCUT2D eigenvalue weighted by Crippen LogP contribution is -2.33. The summed E-state index contributed by atoms with van der Waals surface area (Å²) in [6.07, 6.45) is 0. The van der Waals surface area contributed by atoms with Gasteiger partial charge in [0.05, 0.1) is 0 Å². The quantitative estimate of drug-likeness (QED) is 0.841. The maximum absolute atomic E-state index is 3.59. The van der Waals surface area contributed by atoms with Crippen LogP contribution >= 0.6 is 0 Å². The molecule has 1 unspecified atom stereocenters. The molecule has 2 heteroatoms. The molecule has 2 aromatic carbocycles. The first kappa shape index (κ1) is 13.2. The van der Waals surface area contributed by atoms with E-state index < -0.39 is 0 Å². The zero-order chi connectivity index (χ0) is 14.1. The van der Waals surface area contributed by atoms with Crippen molar-refractivity contribution in [3.05, 3.63) is 59.2 Å². The van der Waals surface area contributed by atoms with E-state index in [1.807, 2.05) is 0 Å². The summed E-state index contributed by atoms with van der Waals surface area (Å²) in [4.78, 5) is 2.45. The Morgan fingerprint density at radius 3 is 2.65 bits per heavy atom. The van der Waals surface area contributed by atoms with Gasteiger partial charge in [0.1, 0.15) is 0 Å². The number of para-hydroxylation sites is 1. The van der Waals surface area contributed by atoms with Gasteiger partial charge in [-0.2, -0.15) is 0 Å². The highest BCUT2D eigenvalue weighted by Crippen LogP contribution is 2.33. The molecule has 0 amide bonds. The lowest BCUT2D eigenvalue weighted by Gasteiger charge is -2.28. The molecular weight excluding hydrogens is 244 g/mol. The molecule has 0 aliphatic carbocycles. The van der Waals surface area contributed by atoms with Gasteiger partial charge >= 0.3 is 0 Å². The second-order valence-corrected chi connectivity index (χ2v) is 5.81. The van der Waals surface area contributed by atoms with Crippen LogP contribution in [0.1, 0.15) is 23.6 Å². The highest BCUT2D eigenvalue weighted by molar-refractivity contribution is 5.70. The van der Waals surface area contributed by atoms with Crippen LogP contribution in [0, 0.1) is 13.8 Å². The molecular formula is C18H22N2. The summed E-state index contributed by atoms with van der Waals surface area (Å²) >= 11 is 0. The largest absolute Gasteiger partial charge is 0.339 e. The summed E-state index contributed by atoms with van der Waals surface area (Å²) in [5.41, 5.74) is 6.68. The van der Waals surface area contributed by atoms with Crippen LogP contribution in [-0.4, -0.2) is 12.6 Å². The van der Waals surface area contributed by atoms with Crippen LogP contribution in [0.4, 0.5) is 11.4 Å². The molecule has 2 aromatic rings. The van der Waals surface area contributed by atoms with E-state index in [0.29, 0.717) is 6.04 Å². The summed E-state index contributed by atoms with van der Waals surface area (Å²) < 4.78 is 0. The van der Waals surface area contributed by atoms with Crippen LogP contribution in [0.25, 0.3) is 0 Å². The first-order valence-electron chi connectivity index (χ1n) is 7.31. The zero-order valence-corrected chi connectivity index (χ0v) is 12.5. The molecule has 1 atom stereocenters. The monoisotopic (exact) mass is 266 g/mol. The molecule has 1 aliphatic heterocycles. The van der Waals surface area contributed by atoms with Gasteiger partial charge in [0.25, 0.3) is 0 Å². The molecule has 104 valence electrons. The van der Waals surface area contributed by atoms with Gasteiger partial charge in [-0.15, -0.1) is 0 Å². The number of fused-ring (bicyclic) bond motifs is 1. The molecule has 2 nitrogen and oxygen atoms in total. The molecule has 1 N–H and O–H groups in total. The van der Waals surface area contributed by atoms with Gasteiger partial charge in [0.2, 0.25) is 0 Å². The minimum Gasteiger partial charge on any atom is -0.339 e. The van der Waals surface area contributed by atoms with Crippen LogP contribution in [0.3, 0.4) is 0 Å². The summed E-state index contributed by atoms with van der Waals surface area (Å²) in [5.74, 6) is 0. The minimum atomic E-state index is 0.475. The highest BCUT2D eigenvalue weighted by atomic mass is 15.2. The molecule has 0 fully saturated rings. The maximum atomic E-state index is 3.59. The molecule has 1 heterocycles. The van der Waals surface area contributed by atoms with E-state index in [4.69, 9.17) is 0 Å². The van der Waals surface area contributed by atoms with Gasteiger partial charge < -0.3 is 10.2 Å². The Morgan fingerprint density at radius 2 is 1.85 bits per heavy atom. The fraction of sp³-hybridized carbons (Fsp3) is 0.333. The molecule has 0 radical (unpaired) electrons. The van der Waals surface area contributed by atoms with Gasteiger partial charge in [-0.1, -0.05) is 35.9 Å². The van der Waals surface area contributed by atoms with E-state index in [1.54, 1.807) is 0 Å². The standard InChI is InChI=1S/C18H22N2/c1-13-8-9-17(14(2)10-13)20-12-15(3)19-11-16-6-4-5-7-18(16)20/h4-10,15,19H,11-12H2,1-3H3. The SMILES string of the molecule is Cc1ccc(N2CC(C)NCc3ccccc32)c(C)c1. The number of hydrogen-bond donors (Lipinski definition) is 1. The molecule has 20 heavy (non-hydrogen) atoms. The highest BCUT2D eigenvalue weighted by Gasteiger charge is 2.20. The van der Waals surface area contributed by atoms with Crippen molar-refractivity contribution in [2.45, 2.75) is 33.4 Å². The molecule has 3 rings (SSSR count). The smallest absolute Gasteiger partial charge is 0.0456 e. The van der Waals surface area contributed by atoms with Crippen LogP contribution in [0.15, 0.2) is 42.5 Å². The van der Waals surface area contributed by atoms with Crippen molar-refractivity contribution < 1.29 is 0 Å². The second kappa shape index (κ2) is 5.29. The number of anilines is 2. The Balaban J connectivity index is 2.10. The number of rotatable bonds is 1. The van der Waals surface area contributed by atoms with Gasteiger partial charge in [-0.3, -0.25) is 0 Å².